The number of halogens is 1. The summed E-state index contributed by atoms with van der Waals surface area (Å²) in [7, 11) is -1.66. The quantitative estimate of drug-likeness (QED) is 0.821. The summed E-state index contributed by atoms with van der Waals surface area (Å²) >= 11 is 4.96. The van der Waals surface area contributed by atoms with Crippen LogP contribution in [0.3, 0.4) is 0 Å². The Bertz CT molecular complexity index is 508. The molecule has 0 bridgehead atoms. The van der Waals surface area contributed by atoms with Gasteiger partial charge in [-0.2, -0.15) is 17.0 Å². The summed E-state index contributed by atoms with van der Waals surface area (Å²) < 4.78 is 29.1. The van der Waals surface area contributed by atoms with Gasteiger partial charge in [0.25, 0.3) is 10.2 Å². The highest BCUT2D eigenvalue weighted by atomic mass is 79.9. The van der Waals surface area contributed by atoms with E-state index in [9.17, 15) is 8.42 Å². The van der Waals surface area contributed by atoms with Crippen LogP contribution in [-0.4, -0.2) is 37.2 Å². The maximum atomic E-state index is 12.5. The van der Waals surface area contributed by atoms with Gasteiger partial charge < -0.3 is 0 Å². The second-order valence-electron chi connectivity index (χ2n) is 4.81. The molecule has 19 heavy (non-hydrogen) atoms. The third kappa shape index (κ3) is 4.01. The standard InChI is InChI=1S/C12H19BrN2O2S2/c1-14(9-12-8-11(13)10-18-12)19(16,17)15-6-4-2-3-5-7-15/h8,10H,2-7,9H2,1H3. The van der Waals surface area contributed by atoms with Crippen molar-refractivity contribution in [3.63, 3.8) is 0 Å². The molecule has 0 N–H and O–H groups in total. The zero-order chi connectivity index (χ0) is 13.9. The fourth-order valence-corrected chi connectivity index (χ4v) is 5.21. The molecule has 0 atom stereocenters. The van der Waals surface area contributed by atoms with Gasteiger partial charge in [-0.25, -0.2) is 0 Å². The molecule has 1 aliphatic rings. The molecule has 1 saturated heterocycles. The fourth-order valence-electron chi connectivity index (χ4n) is 2.21. The summed E-state index contributed by atoms with van der Waals surface area (Å²) in [5.41, 5.74) is 0. The van der Waals surface area contributed by atoms with Gasteiger partial charge in [0.2, 0.25) is 0 Å². The van der Waals surface area contributed by atoms with Crippen molar-refractivity contribution in [3.05, 3.63) is 20.8 Å². The monoisotopic (exact) mass is 366 g/mol. The lowest BCUT2D eigenvalue weighted by Gasteiger charge is -2.26. The number of thiophene rings is 1. The largest absolute Gasteiger partial charge is 0.282 e. The fraction of sp³-hybridized carbons (Fsp3) is 0.667. The van der Waals surface area contributed by atoms with Gasteiger partial charge in [-0.05, 0) is 34.8 Å². The maximum absolute atomic E-state index is 12.5. The molecule has 2 heterocycles. The zero-order valence-corrected chi connectivity index (χ0v) is 14.2. The van der Waals surface area contributed by atoms with E-state index in [0.717, 1.165) is 35.0 Å². The topological polar surface area (TPSA) is 40.6 Å². The van der Waals surface area contributed by atoms with E-state index in [4.69, 9.17) is 0 Å². The van der Waals surface area contributed by atoms with E-state index in [1.807, 2.05) is 11.4 Å². The molecule has 4 nitrogen and oxygen atoms in total. The van der Waals surface area contributed by atoms with Gasteiger partial charge in [0.15, 0.2) is 0 Å². The molecule has 0 spiro atoms. The van der Waals surface area contributed by atoms with Crippen molar-refractivity contribution in [1.82, 2.24) is 8.61 Å². The summed E-state index contributed by atoms with van der Waals surface area (Å²) in [6.45, 7) is 1.75. The maximum Gasteiger partial charge on any atom is 0.282 e. The Hall–Kier alpha value is 0.0500. The molecule has 0 amide bonds. The molecular weight excluding hydrogens is 348 g/mol. The van der Waals surface area contributed by atoms with Crippen molar-refractivity contribution in [1.29, 1.82) is 0 Å². The first-order chi connectivity index (χ1) is 9.00. The van der Waals surface area contributed by atoms with Gasteiger partial charge in [0.05, 0.1) is 0 Å². The lowest BCUT2D eigenvalue weighted by atomic mass is 10.2. The van der Waals surface area contributed by atoms with Crippen LogP contribution >= 0.6 is 27.3 Å². The Kier molecular flexibility index (Phi) is 5.42. The normalized spacial score (nSPS) is 18.7. The Morgan fingerprint density at radius 2 is 1.95 bits per heavy atom. The summed E-state index contributed by atoms with van der Waals surface area (Å²) in [6.07, 6.45) is 4.20. The molecule has 1 aliphatic heterocycles. The first-order valence-electron chi connectivity index (χ1n) is 6.44. The molecule has 7 heteroatoms. The predicted molar refractivity (Wildman–Crippen MR) is 82.4 cm³/mol. The Balaban J connectivity index is 2.05. The average molecular weight is 367 g/mol. The van der Waals surface area contributed by atoms with Crippen LogP contribution in [0, 0.1) is 0 Å². The van der Waals surface area contributed by atoms with Crippen molar-refractivity contribution in [3.8, 4) is 0 Å². The van der Waals surface area contributed by atoms with Crippen LogP contribution in [0.15, 0.2) is 15.9 Å². The Morgan fingerprint density at radius 3 is 2.47 bits per heavy atom. The average Bonchev–Trinajstić information content (AvgIpc) is 2.63. The van der Waals surface area contributed by atoms with Gasteiger partial charge >= 0.3 is 0 Å². The van der Waals surface area contributed by atoms with E-state index in [1.165, 1.54) is 4.31 Å². The zero-order valence-electron chi connectivity index (χ0n) is 11.0. The minimum atomic E-state index is -3.32. The summed E-state index contributed by atoms with van der Waals surface area (Å²) in [4.78, 5) is 1.05. The van der Waals surface area contributed by atoms with Crippen molar-refractivity contribution >= 4 is 37.5 Å². The first kappa shape index (κ1) is 15.4. The molecule has 108 valence electrons. The number of hydrogen-bond donors (Lipinski definition) is 0. The first-order valence-corrected chi connectivity index (χ1v) is 9.51. The van der Waals surface area contributed by atoms with Crippen LogP contribution in [0.4, 0.5) is 0 Å². The van der Waals surface area contributed by atoms with Gasteiger partial charge in [-0.3, -0.25) is 0 Å². The van der Waals surface area contributed by atoms with E-state index >= 15 is 0 Å². The molecule has 2 rings (SSSR count). The highest BCUT2D eigenvalue weighted by molar-refractivity contribution is 9.10. The molecular formula is C12H19BrN2O2S2. The molecule has 0 unspecified atom stereocenters. The van der Waals surface area contributed by atoms with E-state index in [1.54, 1.807) is 22.7 Å². The third-order valence-electron chi connectivity index (χ3n) is 3.29. The number of rotatable bonds is 4. The molecule has 1 fully saturated rings. The van der Waals surface area contributed by atoms with Gasteiger partial charge in [0.1, 0.15) is 0 Å². The smallest absolute Gasteiger partial charge is 0.195 e. The highest BCUT2D eigenvalue weighted by Crippen LogP contribution is 2.23. The Morgan fingerprint density at radius 1 is 1.32 bits per heavy atom. The Labute approximate surface area is 127 Å². The van der Waals surface area contributed by atoms with Crippen LogP contribution in [0.1, 0.15) is 30.6 Å². The second-order valence-corrected chi connectivity index (χ2v) is 8.76. The van der Waals surface area contributed by atoms with Crippen LogP contribution in [-0.2, 0) is 16.8 Å². The number of nitrogens with zero attached hydrogens (tertiary/aromatic N) is 2. The van der Waals surface area contributed by atoms with Crippen molar-refractivity contribution in [2.45, 2.75) is 32.2 Å². The van der Waals surface area contributed by atoms with E-state index in [0.29, 0.717) is 19.6 Å². The summed E-state index contributed by atoms with van der Waals surface area (Å²) in [5, 5.41) is 1.97. The lowest BCUT2D eigenvalue weighted by Crippen LogP contribution is -2.41. The SMILES string of the molecule is CN(Cc1cc(Br)cs1)S(=O)(=O)N1CCCCCC1. The van der Waals surface area contributed by atoms with Gasteiger partial charge in [-0.1, -0.05) is 12.8 Å². The molecule has 1 aromatic rings. The van der Waals surface area contributed by atoms with E-state index in [-0.39, 0.29) is 0 Å². The van der Waals surface area contributed by atoms with Crippen LogP contribution < -0.4 is 0 Å². The van der Waals surface area contributed by atoms with E-state index < -0.39 is 10.2 Å². The van der Waals surface area contributed by atoms with E-state index in [2.05, 4.69) is 15.9 Å². The molecule has 1 aromatic heterocycles. The predicted octanol–water partition coefficient (Wildman–Crippen LogP) is 3.06. The van der Waals surface area contributed by atoms with Crippen molar-refractivity contribution < 1.29 is 8.42 Å². The molecule has 0 aromatic carbocycles. The summed E-state index contributed by atoms with van der Waals surface area (Å²) in [5.74, 6) is 0. The second kappa shape index (κ2) is 6.67. The highest BCUT2D eigenvalue weighted by Gasteiger charge is 2.27. The molecule has 0 aliphatic carbocycles. The molecule has 0 radical (unpaired) electrons. The van der Waals surface area contributed by atoms with Crippen LogP contribution in [0.25, 0.3) is 0 Å². The van der Waals surface area contributed by atoms with Gasteiger partial charge in [0, 0.05) is 41.4 Å². The minimum absolute atomic E-state index is 0.440. The van der Waals surface area contributed by atoms with Crippen LogP contribution in [0.2, 0.25) is 0 Å². The van der Waals surface area contributed by atoms with Crippen molar-refractivity contribution in [2.24, 2.45) is 0 Å². The summed E-state index contributed by atoms with van der Waals surface area (Å²) in [6, 6.07) is 1.97. The number of hydrogen-bond acceptors (Lipinski definition) is 3. The van der Waals surface area contributed by atoms with Crippen molar-refractivity contribution in [2.75, 3.05) is 20.1 Å². The lowest BCUT2D eigenvalue weighted by molar-refractivity contribution is 0.364. The minimum Gasteiger partial charge on any atom is -0.195 e. The molecule has 0 saturated carbocycles. The van der Waals surface area contributed by atoms with Crippen LogP contribution in [0.5, 0.6) is 0 Å². The van der Waals surface area contributed by atoms with Gasteiger partial charge in [-0.15, -0.1) is 11.3 Å². The third-order valence-corrected chi connectivity index (χ3v) is 6.90.